The molecule has 1 aliphatic heterocycles. The highest BCUT2D eigenvalue weighted by Crippen LogP contribution is 2.67. The first-order valence-electron chi connectivity index (χ1n) is 13.6. The van der Waals surface area contributed by atoms with E-state index in [1.807, 2.05) is 13.2 Å². The van der Waals surface area contributed by atoms with E-state index < -0.39 is 23.4 Å². The first-order valence-corrected chi connectivity index (χ1v) is 15.3. The molecule has 0 bridgehead atoms. The molecule has 5 fully saturated rings. The summed E-state index contributed by atoms with van der Waals surface area (Å²) in [4.78, 5) is 28.0. The fraction of sp³-hybridized carbons (Fsp3) is 0.889. The van der Waals surface area contributed by atoms with Crippen molar-refractivity contribution >= 4 is 39.9 Å². The van der Waals surface area contributed by atoms with E-state index in [-0.39, 0.29) is 41.5 Å². The average molecular weight is 541 g/mol. The second kappa shape index (κ2) is 10.9. The third-order valence-electron chi connectivity index (χ3n) is 10.6. The Labute approximate surface area is 225 Å². The van der Waals surface area contributed by atoms with Crippen molar-refractivity contribution in [2.75, 3.05) is 39.0 Å². The first kappa shape index (κ1) is 28.4. The first-order chi connectivity index (χ1) is 17.0. The van der Waals surface area contributed by atoms with E-state index in [0.717, 1.165) is 69.0 Å². The summed E-state index contributed by atoms with van der Waals surface area (Å²) in [5.74, 6) is 0.380. The van der Waals surface area contributed by atoms with Gasteiger partial charge in [-0.15, -0.1) is 11.8 Å². The van der Waals surface area contributed by atoms with Crippen molar-refractivity contribution in [2.45, 2.75) is 76.9 Å². The molecule has 9 heteroatoms. The molecule has 0 radical (unpaired) electrons. The molecule has 0 aromatic heterocycles. The number of piperazine rings is 1. The zero-order valence-electron chi connectivity index (χ0n) is 22.0. The second-order valence-electron chi connectivity index (χ2n) is 12.2. The molecular weight excluding hydrogens is 496 g/mol. The van der Waals surface area contributed by atoms with Gasteiger partial charge in [0.05, 0.1) is 6.10 Å². The number of thioether (sulfide) groups is 1. The molecule has 36 heavy (non-hydrogen) atoms. The van der Waals surface area contributed by atoms with E-state index >= 15 is 0 Å². The number of nitrogens with zero attached hydrogens (tertiary/aromatic N) is 1. The zero-order valence-corrected chi connectivity index (χ0v) is 23.6. The Morgan fingerprint density at radius 2 is 1.86 bits per heavy atom. The number of fused-ring (bicyclic) bond motifs is 5. The number of nitrogens with one attached hydrogen (secondary N) is 1. The summed E-state index contributed by atoms with van der Waals surface area (Å²) in [6.07, 6.45) is 7.51. The van der Waals surface area contributed by atoms with E-state index in [1.165, 1.54) is 0 Å². The van der Waals surface area contributed by atoms with E-state index in [4.69, 9.17) is 12.2 Å². The van der Waals surface area contributed by atoms with E-state index in [2.05, 4.69) is 17.1 Å². The zero-order chi connectivity index (χ0) is 26.3. The lowest BCUT2D eigenvalue weighted by atomic mass is 9.44. The van der Waals surface area contributed by atoms with E-state index in [9.17, 15) is 24.9 Å². The monoisotopic (exact) mass is 540 g/mol. The molecule has 8 atom stereocenters. The SMILES string of the molecule is CSC(=S)N1CCNCC1.C[C@]12CC[C@@H](O)C[C@H]1CC[C@@H]1[C@@H]2C(=O)C[C@@]2(C)[C@H]1CC[C@]2(O)C(=O)CO. The van der Waals surface area contributed by atoms with Gasteiger partial charge in [0, 0.05) is 43.9 Å². The quantitative estimate of drug-likeness (QED) is 0.393. The number of hydrogen-bond donors (Lipinski definition) is 4. The van der Waals surface area contributed by atoms with Crippen LogP contribution in [0.15, 0.2) is 0 Å². The van der Waals surface area contributed by atoms with Crippen molar-refractivity contribution in [1.82, 2.24) is 10.2 Å². The van der Waals surface area contributed by atoms with Crippen LogP contribution >= 0.6 is 24.0 Å². The molecule has 0 unspecified atom stereocenters. The molecule has 4 saturated carbocycles. The van der Waals surface area contributed by atoms with Gasteiger partial charge in [0.2, 0.25) is 0 Å². The normalized spacial score (nSPS) is 44.0. The van der Waals surface area contributed by atoms with Gasteiger partial charge in [0.1, 0.15) is 22.3 Å². The maximum atomic E-state index is 13.4. The number of Topliss-reactive ketones (excluding diaryl/α,β-unsaturated/α-hetero) is 2. The summed E-state index contributed by atoms with van der Waals surface area (Å²) in [5, 5.41) is 33.9. The lowest BCUT2D eigenvalue weighted by Gasteiger charge is -2.60. The van der Waals surface area contributed by atoms with Gasteiger partial charge in [0.15, 0.2) is 5.78 Å². The van der Waals surface area contributed by atoms with Crippen molar-refractivity contribution in [3.63, 3.8) is 0 Å². The largest absolute Gasteiger partial charge is 0.393 e. The standard InChI is InChI=1S/C21H32O5.C6H12N2S2/c1-19-7-5-13(23)9-12(19)3-4-14-15-6-8-21(26,17(25)11-22)20(15,2)10-16(24)18(14)19;1-10-6(9)8-4-2-7-3-5-8/h12-15,18,22-23,26H,3-11H2,1-2H3;7H,2-5H2,1H3/t12-,13-,14+,15+,18-,19+,20+,21+;/m1./s1. The third kappa shape index (κ3) is 4.70. The van der Waals surface area contributed by atoms with Crippen molar-refractivity contribution in [3.05, 3.63) is 0 Å². The lowest BCUT2D eigenvalue weighted by molar-refractivity contribution is -0.180. The molecule has 0 amide bonds. The molecule has 5 rings (SSSR count). The van der Waals surface area contributed by atoms with Crippen molar-refractivity contribution in [3.8, 4) is 0 Å². The maximum Gasteiger partial charge on any atom is 0.190 e. The van der Waals surface area contributed by atoms with Crippen molar-refractivity contribution < 1.29 is 24.9 Å². The fourth-order valence-electron chi connectivity index (χ4n) is 8.62. The highest BCUT2D eigenvalue weighted by atomic mass is 32.2. The summed E-state index contributed by atoms with van der Waals surface area (Å²) >= 11 is 6.80. The number of aliphatic hydroxyl groups excluding tert-OH is 2. The molecule has 7 nitrogen and oxygen atoms in total. The Morgan fingerprint density at radius 1 is 1.17 bits per heavy atom. The topological polar surface area (TPSA) is 110 Å². The average Bonchev–Trinajstić information content (AvgIpc) is 3.15. The van der Waals surface area contributed by atoms with Crippen LogP contribution in [0.3, 0.4) is 0 Å². The minimum atomic E-state index is -1.58. The van der Waals surface area contributed by atoms with Gasteiger partial charge in [-0.1, -0.05) is 26.1 Å². The summed E-state index contributed by atoms with van der Waals surface area (Å²) in [7, 11) is 0. The number of rotatable bonds is 2. The van der Waals surface area contributed by atoms with Crippen molar-refractivity contribution in [2.24, 2.45) is 34.5 Å². The van der Waals surface area contributed by atoms with Crippen molar-refractivity contribution in [1.29, 1.82) is 0 Å². The molecule has 4 aliphatic carbocycles. The fourth-order valence-corrected chi connectivity index (χ4v) is 9.24. The third-order valence-corrected chi connectivity index (χ3v) is 12.0. The van der Waals surface area contributed by atoms with Crippen LogP contribution in [0, 0.1) is 34.5 Å². The van der Waals surface area contributed by atoms with Gasteiger partial charge in [0.25, 0.3) is 0 Å². The van der Waals surface area contributed by atoms with E-state index in [0.29, 0.717) is 12.3 Å². The number of ketones is 2. The molecule has 0 aromatic rings. The van der Waals surface area contributed by atoms with Gasteiger partial charge in [-0.3, -0.25) is 9.59 Å². The van der Waals surface area contributed by atoms with Crippen LogP contribution < -0.4 is 5.32 Å². The number of carbonyl (C=O) groups is 2. The molecule has 0 aromatic carbocycles. The predicted molar refractivity (Wildman–Crippen MR) is 146 cm³/mol. The van der Waals surface area contributed by atoms with Gasteiger partial charge in [-0.05, 0) is 74.4 Å². The van der Waals surface area contributed by atoms with Crippen LogP contribution in [0.4, 0.5) is 0 Å². The summed E-state index contributed by atoms with van der Waals surface area (Å²) < 4.78 is 1.03. The van der Waals surface area contributed by atoms with Crippen LogP contribution in [0.5, 0.6) is 0 Å². The smallest absolute Gasteiger partial charge is 0.190 e. The Morgan fingerprint density at radius 3 is 2.50 bits per heavy atom. The Balaban J connectivity index is 0.000000256. The van der Waals surface area contributed by atoms with Crippen LogP contribution in [-0.2, 0) is 9.59 Å². The molecule has 0 spiro atoms. The molecular formula is C27H44N2O5S2. The molecule has 4 N–H and O–H groups in total. The summed E-state index contributed by atoms with van der Waals surface area (Å²) in [6.45, 7) is 7.74. The Hall–Kier alpha value is -0.580. The number of carbonyl (C=O) groups excluding carboxylic acids is 2. The number of thiocarbonyl (C=S) groups is 1. The highest BCUT2D eigenvalue weighted by molar-refractivity contribution is 8.22. The lowest BCUT2D eigenvalue weighted by Crippen LogP contribution is -2.62. The highest BCUT2D eigenvalue weighted by Gasteiger charge is 2.68. The van der Waals surface area contributed by atoms with Gasteiger partial charge in [-0.2, -0.15) is 0 Å². The minimum absolute atomic E-state index is 0.0154. The molecule has 1 heterocycles. The Kier molecular flexibility index (Phi) is 8.60. The maximum absolute atomic E-state index is 13.4. The van der Waals surface area contributed by atoms with Crippen LogP contribution in [-0.4, -0.2) is 86.9 Å². The molecule has 5 aliphatic rings. The molecule has 1 saturated heterocycles. The van der Waals surface area contributed by atoms with Gasteiger partial charge >= 0.3 is 0 Å². The van der Waals surface area contributed by atoms with Gasteiger partial charge < -0.3 is 25.5 Å². The van der Waals surface area contributed by atoms with Crippen LogP contribution in [0.25, 0.3) is 0 Å². The number of aliphatic hydroxyl groups is 3. The van der Waals surface area contributed by atoms with Crippen LogP contribution in [0.2, 0.25) is 0 Å². The Bertz CT molecular complexity index is 867. The number of hydrogen-bond acceptors (Lipinski definition) is 8. The minimum Gasteiger partial charge on any atom is -0.393 e. The second-order valence-corrected chi connectivity index (χ2v) is 13.6. The van der Waals surface area contributed by atoms with Gasteiger partial charge in [-0.25, -0.2) is 0 Å². The molecule has 204 valence electrons. The summed E-state index contributed by atoms with van der Waals surface area (Å²) in [6, 6.07) is 0. The van der Waals surface area contributed by atoms with E-state index in [1.54, 1.807) is 11.8 Å². The van der Waals surface area contributed by atoms with Crippen LogP contribution in [0.1, 0.15) is 65.2 Å². The predicted octanol–water partition coefficient (Wildman–Crippen LogP) is 2.40. The summed E-state index contributed by atoms with van der Waals surface area (Å²) in [5.41, 5.74) is -2.40.